The normalized spacial score (nSPS) is 11.6. The van der Waals surface area contributed by atoms with Crippen molar-refractivity contribution in [2.45, 2.75) is 13.1 Å². The Morgan fingerprint density at radius 1 is 1.28 bits per heavy atom. The van der Waals surface area contributed by atoms with Gasteiger partial charge < -0.3 is 5.32 Å². The monoisotopic (exact) mass is 274 g/mol. The lowest BCUT2D eigenvalue weighted by molar-refractivity contribution is -0.137. The maximum atomic E-state index is 12.4. The van der Waals surface area contributed by atoms with Crippen LogP contribution in [0.3, 0.4) is 0 Å². The molecule has 0 atom stereocenters. The van der Waals surface area contributed by atoms with Gasteiger partial charge in [0.25, 0.3) is 0 Å². The Morgan fingerprint density at radius 3 is 2.67 bits per heavy atom. The zero-order valence-electron chi connectivity index (χ0n) is 9.32. The van der Waals surface area contributed by atoms with Crippen molar-refractivity contribution in [1.29, 1.82) is 0 Å². The number of rotatable bonds is 3. The Balaban J connectivity index is 2.31. The second-order valence-corrected chi connectivity index (χ2v) is 4.38. The molecule has 0 aromatic carbocycles. The molecule has 0 aliphatic rings. The largest absolute Gasteiger partial charge is 0.443 e. The molecular formula is C10H9F3N4S. The molecule has 2 aromatic rings. The van der Waals surface area contributed by atoms with Crippen molar-refractivity contribution in [2.24, 2.45) is 0 Å². The van der Waals surface area contributed by atoms with Gasteiger partial charge in [-0.05, 0) is 6.92 Å². The maximum absolute atomic E-state index is 12.4. The van der Waals surface area contributed by atoms with E-state index in [1.165, 1.54) is 12.4 Å². The Kier molecular flexibility index (Phi) is 3.46. The quantitative estimate of drug-likeness (QED) is 0.934. The van der Waals surface area contributed by atoms with E-state index in [0.29, 0.717) is 34.3 Å². The Bertz CT molecular complexity index is 538. The summed E-state index contributed by atoms with van der Waals surface area (Å²) in [5.74, 6) is 0.525. The van der Waals surface area contributed by atoms with E-state index in [1.807, 2.05) is 6.92 Å². The molecule has 4 nitrogen and oxygen atoms in total. The van der Waals surface area contributed by atoms with Crippen LogP contribution in [0.25, 0.3) is 10.6 Å². The van der Waals surface area contributed by atoms with Gasteiger partial charge in [0.05, 0.1) is 17.3 Å². The summed E-state index contributed by atoms with van der Waals surface area (Å²) in [4.78, 5) is 11.8. The molecule has 1 N–H and O–H groups in total. The number of halogens is 3. The summed E-state index contributed by atoms with van der Waals surface area (Å²) in [6.45, 7) is 2.55. The number of aromatic nitrogens is 3. The third-order valence-corrected chi connectivity index (χ3v) is 3.06. The van der Waals surface area contributed by atoms with E-state index < -0.39 is 11.2 Å². The molecule has 18 heavy (non-hydrogen) atoms. The van der Waals surface area contributed by atoms with Crippen LogP contribution in [0, 0.1) is 0 Å². The zero-order valence-corrected chi connectivity index (χ0v) is 10.1. The predicted octanol–water partition coefficient (Wildman–Crippen LogP) is 3.05. The van der Waals surface area contributed by atoms with Gasteiger partial charge in [-0.25, -0.2) is 9.97 Å². The number of thiazole rings is 1. The predicted molar refractivity (Wildman–Crippen MR) is 62.3 cm³/mol. The van der Waals surface area contributed by atoms with Crippen LogP contribution in [0.15, 0.2) is 18.6 Å². The highest BCUT2D eigenvalue weighted by Crippen LogP contribution is 2.35. The molecule has 96 valence electrons. The first-order chi connectivity index (χ1) is 8.50. The van der Waals surface area contributed by atoms with Crippen molar-refractivity contribution in [3.8, 4) is 10.6 Å². The second kappa shape index (κ2) is 4.89. The lowest BCUT2D eigenvalue weighted by atomic mass is 10.4. The third kappa shape index (κ3) is 2.76. The van der Waals surface area contributed by atoms with E-state index in [4.69, 9.17) is 0 Å². The minimum Gasteiger partial charge on any atom is -0.369 e. The van der Waals surface area contributed by atoms with E-state index in [2.05, 4.69) is 20.3 Å². The van der Waals surface area contributed by atoms with Crippen LogP contribution in [0.4, 0.5) is 19.0 Å². The molecule has 0 aliphatic heterocycles. The van der Waals surface area contributed by atoms with Crippen LogP contribution < -0.4 is 5.32 Å². The summed E-state index contributed by atoms with van der Waals surface area (Å²) in [7, 11) is 0. The van der Waals surface area contributed by atoms with Gasteiger partial charge in [0.15, 0.2) is 5.01 Å². The van der Waals surface area contributed by atoms with Gasteiger partial charge in [0.2, 0.25) is 0 Å². The topological polar surface area (TPSA) is 50.7 Å². The molecule has 0 saturated carbocycles. The Hall–Kier alpha value is -1.70. The second-order valence-electron chi connectivity index (χ2n) is 3.35. The molecule has 0 aliphatic carbocycles. The number of alkyl halides is 3. The fraction of sp³-hybridized carbons (Fsp3) is 0.300. The SMILES string of the molecule is CCNc1cncc(-c2cnc(C(F)(F)F)s2)n1. The van der Waals surface area contributed by atoms with Crippen molar-refractivity contribution >= 4 is 17.2 Å². The summed E-state index contributed by atoms with van der Waals surface area (Å²) in [6.07, 6.45) is -0.337. The molecule has 2 heterocycles. The Morgan fingerprint density at radius 2 is 2.06 bits per heavy atom. The Labute approximate surface area is 105 Å². The van der Waals surface area contributed by atoms with Crippen LogP contribution in [0.1, 0.15) is 11.9 Å². The van der Waals surface area contributed by atoms with Gasteiger partial charge in [-0.1, -0.05) is 0 Å². The standard InChI is InChI=1S/C10H9F3N4S/c1-2-15-8-5-14-3-6(17-8)7-4-16-9(18-7)10(11,12)13/h3-5H,2H2,1H3,(H,15,17). The van der Waals surface area contributed by atoms with Crippen molar-refractivity contribution in [2.75, 3.05) is 11.9 Å². The maximum Gasteiger partial charge on any atom is 0.443 e. The molecule has 2 rings (SSSR count). The smallest absolute Gasteiger partial charge is 0.369 e. The fourth-order valence-corrected chi connectivity index (χ4v) is 2.01. The number of anilines is 1. The van der Waals surface area contributed by atoms with E-state index in [0.717, 1.165) is 6.20 Å². The van der Waals surface area contributed by atoms with Crippen molar-refractivity contribution in [3.63, 3.8) is 0 Å². The van der Waals surface area contributed by atoms with Gasteiger partial charge in [-0.2, -0.15) is 13.2 Å². The average molecular weight is 274 g/mol. The number of nitrogens with one attached hydrogen (secondary N) is 1. The minimum atomic E-state index is -4.42. The molecule has 0 fully saturated rings. The third-order valence-electron chi connectivity index (χ3n) is 1.99. The summed E-state index contributed by atoms with van der Waals surface area (Å²) in [5.41, 5.74) is 0.376. The lowest BCUT2D eigenvalue weighted by Gasteiger charge is -2.02. The van der Waals surface area contributed by atoms with Crippen molar-refractivity contribution in [3.05, 3.63) is 23.6 Å². The number of hydrogen-bond acceptors (Lipinski definition) is 5. The number of nitrogens with zero attached hydrogens (tertiary/aromatic N) is 3. The first-order valence-corrected chi connectivity index (χ1v) is 5.91. The fourth-order valence-electron chi connectivity index (χ4n) is 1.27. The van der Waals surface area contributed by atoms with Crippen LogP contribution >= 0.6 is 11.3 Å². The molecule has 8 heteroatoms. The highest BCUT2D eigenvalue weighted by molar-refractivity contribution is 7.15. The molecular weight excluding hydrogens is 265 g/mol. The van der Waals surface area contributed by atoms with Crippen LogP contribution in [-0.4, -0.2) is 21.5 Å². The van der Waals surface area contributed by atoms with E-state index in [1.54, 1.807) is 0 Å². The van der Waals surface area contributed by atoms with Gasteiger partial charge in [-0.3, -0.25) is 4.98 Å². The first kappa shape index (κ1) is 12.7. The van der Waals surface area contributed by atoms with Crippen LogP contribution in [0.2, 0.25) is 0 Å². The van der Waals surface area contributed by atoms with E-state index >= 15 is 0 Å². The number of hydrogen-bond donors (Lipinski definition) is 1. The van der Waals surface area contributed by atoms with Crippen molar-refractivity contribution < 1.29 is 13.2 Å². The summed E-state index contributed by atoms with van der Waals surface area (Å²) >= 11 is 0.553. The molecule has 2 aromatic heterocycles. The van der Waals surface area contributed by atoms with Gasteiger partial charge in [0, 0.05) is 12.7 Å². The van der Waals surface area contributed by atoms with Gasteiger partial charge >= 0.3 is 6.18 Å². The van der Waals surface area contributed by atoms with E-state index in [-0.39, 0.29) is 0 Å². The van der Waals surface area contributed by atoms with Crippen molar-refractivity contribution in [1.82, 2.24) is 15.0 Å². The van der Waals surface area contributed by atoms with Crippen LogP contribution in [-0.2, 0) is 6.18 Å². The molecule has 0 amide bonds. The first-order valence-electron chi connectivity index (χ1n) is 5.10. The summed E-state index contributed by atoms with van der Waals surface area (Å²) < 4.78 is 37.2. The van der Waals surface area contributed by atoms with Gasteiger partial charge in [-0.15, -0.1) is 11.3 Å². The lowest BCUT2D eigenvalue weighted by Crippen LogP contribution is -2.02. The molecule has 0 saturated heterocycles. The highest BCUT2D eigenvalue weighted by Gasteiger charge is 2.34. The average Bonchev–Trinajstić information content (AvgIpc) is 2.78. The highest BCUT2D eigenvalue weighted by atomic mass is 32.1. The van der Waals surface area contributed by atoms with E-state index in [9.17, 15) is 13.2 Å². The molecule has 0 radical (unpaired) electrons. The summed E-state index contributed by atoms with van der Waals surface area (Å²) in [5, 5.41) is 2.06. The van der Waals surface area contributed by atoms with Gasteiger partial charge in [0.1, 0.15) is 11.5 Å². The molecule has 0 bridgehead atoms. The summed E-state index contributed by atoms with van der Waals surface area (Å²) in [6, 6.07) is 0. The van der Waals surface area contributed by atoms with Crippen LogP contribution in [0.5, 0.6) is 0 Å². The minimum absolute atomic E-state index is 0.342. The molecule has 0 spiro atoms. The molecule has 0 unspecified atom stereocenters. The zero-order chi connectivity index (χ0) is 13.2.